The van der Waals surface area contributed by atoms with Crippen LogP contribution < -0.4 is 5.32 Å². The summed E-state index contributed by atoms with van der Waals surface area (Å²) in [6.07, 6.45) is 18.9. The summed E-state index contributed by atoms with van der Waals surface area (Å²) in [5, 5.41) is 8.71. The van der Waals surface area contributed by atoms with E-state index in [1.54, 1.807) is 0 Å². The molecule has 2 spiro atoms. The molecule has 166 valence electrons. The van der Waals surface area contributed by atoms with Crippen LogP contribution in [0.1, 0.15) is 94.5 Å². The first-order valence-electron chi connectivity index (χ1n) is 12.6. The lowest BCUT2D eigenvalue weighted by Gasteiger charge is -2.46. The standard InChI is InChI=1S/C26H36N4O/c1-6-15-28-23(7-1)24(14-18-31-26(20-24)11-4-5-12-26)13-17-27-21-19-25(9-2-3-10-25)30-22(21)8-16-29-30/h1,6-8,15-16,21,27H,2-5,9-14,17-20H2/t21?,24-/m1/s1. The molecule has 5 nitrogen and oxygen atoms in total. The Labute approximate surface area is 186 Å². The monoisotopic (exact) mass is 420 g/mol. The number of aromatic nitrogens is 3. The van der Waals surface area contributed by atoms with Crippen molar-refractivity contribution in [1.82, 2.24) is 20.1 Å². The van der Waals surface area contributed by atoms with Gasteiger partial charge in [0.25, 0.3) is 0 Å². The number of fused-ring (bicyclic) bond motifs is 2. The van der Waals surface area contributed by atoms with Crippen LogP contribution in [0.4, 0.5) is 0 Å². The van der Waals surface area contributed by atoms with Gasteiger partial charge in [-0.1, -0.05) is 31.7 Å². The van der Waals surface area contributed by atoms with E-state index in [-0.39, 0.29) is 16.6 Å². The zero-order valence-electron chi connectivity index (χ0n) is 18.7. The van der Waals surface area contributed by atoms with E-state index in [4.69, 9.17) is 14.8 Å². The van der Waals surface area contributed by atoms with Crippen molar-refractivity contribution >= 4 is 0 Å². The highest BCUT2D eigenvalue weighted by molar-refractivity contribution is 5.22. The van der Waals surface area contributed by atoms with Crippen molar-refractivity contribution in [2.24, 2.45) is 0 Å². The van der Waals surface area contributed by atoms with Crippen molar-refractivity contribution in [2.75, 3.05) is 13.2 Å². The molecule has 2 aliphatic carbocycles. The predicted molar refractivity (Wildman–Crippen MR) is 121 cm³/mol. The quantitative estimate of drug-likeness (QED) is 0.737. The Morgan fingerprint density at radius 3 is 2.65 bits per heavy atom. The van der Waals surface area contributed by atoms with Gasteiger partial charge in [0.15, 0.2) is 0 Å². The number of nitrogens with one attached hydrogen (secondary N) is 1. The third-order valence-corrected chi connectivity index (χ3v) is 8.96. The number of pyridine rings is 1. The zero-order chi connectivity index (χ0) is 20.8. The van der Waals surface area contributed by atoms with Gasteiger partial charge in [0.2, 0.25) is 0 Å². The molecule has 2 aliphatic heterocycles. The lowest BCUT2D eigenvalue weighted by Crippen LogP contribution is -2.47. The molecule has 0 aromatic carbocycles. The van der Waals surface area contributed by atoms with Crippen molar-refractivity contribution in [3.63, 3.8) is 0 Å². The van der Waals surface area contributed by atoms with Crippen LogP contribution in [-0.2, 0) is 15.7 Å². The van der Waals surface area contributed by atoms with Crippen molar-refractivity contribution in [3.8, 4) is 0 Å². The Balaban J connectivity index is 1.20. The van der Waals surface area contributed by atoms with Crippen LogP contribution in [0.5, 0.6) is 0 Å². The van der Waals surface area contributed by atoms with Gasteiger partial charge in [0, 0.05) is 30.1 Å². The van der Waals surface area contributed by atoms with Crippen molar-refractivity contribution in [2.45, 2.75) is 99.6 Å². The molecular formula is C26H36N4O. The van der Waals surface area contributed by atoms with Crippen molar-refractivity contribution in [3.05, 3.63) is 48.0 Å². The van der Waals surface area contributed by atoms with Crippen LogP contribution >= 0.6 is 0 Å². The minimum atomic E-state index is 0.0929. The molecule has 1 N–H and O–H groups in total. The summed E-state index contributed by atoms with van der Waals surface area (Å²) in [5.41, 5.74) is 3.17. The van der Waals surface area contributed by atoms with Crippen LogP contribution in [0.15, 0.2) is 36.7 Å². The van der Waals surface area contributed by atoms with E-state index in [0.29, 0.717) is 6.04 Å². The second kappa shape index (κ2) is 7.70. The van der Waals surface area contributed by atoms with Crippen molar-refractivity contribution in [1.29, 1.82) is 0 Å². The maximum absolute atomic E-state index is 6.42. The number of hydrogen-bond acceptors (Lipinski definition) is 4. The molecule has 4 aliphatic rings. The van der Waals surface area contributed by atoms with Crippen LogP contribution in [0.3, 0.4) is 0 Å². The summed E-state index contributed by atoms with van der Waals surface area (Å²) in [6, 6.07) is 9.13. The molecule has 0 radical (unpaired) electrons. The molecule has 6 rings (SSSR count). The molecular weight excluding hydrogens is 384 g/mol. The fourth-order valence-electron chi connectivity index (χ4n) is 7.45. The molecule has 5 heteroatoms. The molecule has 1 unspecified atom stereocenters. The summed E-state index contributed by atoms with van der Waals surface area (Å²) < 4.78 is 8.79. The normalized spacial score (nSPS) is 30.9. The number of hydrogen-bond donors (Lipinski definition) is 1. The Morgan fingerprint density at radius 2 is 1.84 bits per heavy atom. The highest BCUT2D eigenvalue weighted by Gasteiger charge is 2.49. The summed E-state index contributed by atoms with van der Waals surface area (Å²) in [7, 11) is 0. The van der Waals surface area contributed by atoms with E-state index < -0.39 is 0 Å². The summed E-state index contributed by atoms with van der Waals surface area (Å²) in [6.45, 7) is 1.90. The van der Waals surface area contributed by atoms with Crippen LogP contribution in [0, 0.1) is 0 Å². The zero-order valence-corrected chi connectivity index (χ0v) is 18.7. The number of rotatable bonds is 5. The van der Waals surface area contributed by atoms with E-state index in [2.05, 4.69) is 28.2 Å². The highest BCUT2D eigenvalue weighted by atomic mass is 16.5. The lowest BCUT2D eigenvalue weighted by atomic mass is 9.68. The second-order valence-corrected chi connectivity index (χ2v) is 10.7. The topological polar surface area (TPSA) is 52.0 Å². The molecule has 2 atom stereocenters. The molecule has 0 bridgehead atoms. The van der Waals surface area contributed by atoms with E-state index in [0.717, 1.165) is 32.4 Å². The molecule has 0 amide bonds. The number of nitrogens with zero attached hydrogens (tertiary/aromatic N) is 3. The van der Waals surface area contributed by atoms with E-state index in [1.807, 2.05) is 18.5 Å². The molecule has 2 saturated carbocycles. The van der Waals surface area contributed by atoms with Gasteiger partial charge >= 0.3 is 0 Å². The van der Waals surface area contributed by atoms with Gasteiger partial charge in [-0.25, -0.2) is 0 Å². The van der Waals surface area contributed by atoms with E-state index >= 15 is 0 Å². The van der Waals surface area contributed by atoms with Crippen LogP contribution in [-0.4, -0.2) is 33.5 Å². The number of ether oxygens (including phenoxy) is 1. The van der Waals surface area contributed by atoms with Gasteiger partial charge in [-0.2, -0.15) is 5.10 Å². The summed E-state index contributed by atoms with van der Waals surface area (Å²) in [4.78, 5) is 4.87. The van der Waals surface area contributed by atoms with Crippen LogP contribution in [0.2, 0.25) is 0 Å². The molecule has 2 aromatic rings. The first-order valence-corrected chi connectivity index (χ1v) is 12.6. The SMILES string of the molecule is c1ccc([C@]2(CCNC3CC4(CCCC4)n4nccc43)CCOC3(CCCC3)C2)nc1. The lowest BCUT2D eigenvalue weighted by molar-refractivity contribution is -0.104. The Hall–Kier alpha value is -1.72. The van der Waals surface area contributed by atoms with Gasteiger partial charge in [-0.15, -0.1) is 0 Å². The second-order valence-electron chi connectivity index (χ2n) is 10.7. The minimum absolute atomic E-state index is 0.0929. The minimum Gasteiger partial charge on any atom is -0.375 e. The van der Waals surface area contributed by atoms with Gasteiger partial charge in [-0.3, -0.25) is 9.67 Å². The fraction of sp³-hybridized carbons (Fsp3) is 0.692. The maximum atomic E-state index is 6.42. The van der Waals surface area contributed by atoms with E-state index in [9.17, 15) is 0 Å². The third kappa shape index (κ3) is 3.36. The molecule has 31 heavy (non-hydrogen) atoms. The van der Waals surface area contributed by atoms with Gasteiger partial charge < -0.3 is 10.1 Å². The van der Waals surface area contributed by atoms with Crippen molar-refractivity contribution < 1.29 is 4.74 Å². The Bertz CT molecular complexity index is 897. The summed E-state index contributed by atoms with van der Waals surface area (Å²) >= 11 is 0. The predicted octanol–water partition coefficient (Wildman–Crippen LogP) is 5.03. The smallest absolute Gasteiger partial charge is 0.0691 e. The largest absolute Gasteiger partial charge is 0.375 e. The third-order valence-electron chi connectivity index (χ3n) is 8.96. The Kier molecular flexibility index (Phi) is 4.95. The van der Waals surface area contributed by atoms with E-state index in [1.165, 1.54) is 69.2 Å². The molecule has 4 heterocycles. The van der Waals surface area contributed by atoms with Gasteiger partial charge in [0.1, 0.15) is 0 Å². The average molecular weight is 421 g/mol. The molecule has 2 aromatic heterocycles. The van der Waals surface area contributed by atoms with Gasteiger partial charge in [-0.05, 0) is 76.1 Å². The fourth-order valence-corrected chi connectivity index (χ4v) is 7.45. The highest BCUT2D eigenvalue weighted by Crippen LogP contribution is 2.51. The van der Waals surface area contributed by atoms with Crippen LogP contribution in [0.25, 0.3) is 0 Å². The molecule has 1 saturated heterocycles. The average Bonchev–Trinajstić information content (AvgIpc) is 3.58. The first kappa shape index (κ1) is 19.9. The maximum Gasteiger partial charge on any atom is 0.0691 e. The summed E-state index contributed by atoms with van der Waals surface area (Å²) in [5.74, 6) is 0. The Morgan fingerprint density at radius 1 is 1.00 bits per heavy atom. The first-order chi connectivity index (χ1) is 15.2. The molecule has 3 fully saturated rings. The van der Waals surface area contributed by atoms with Gasteiger partial charge in [0.05, 0.1) is 22.9 Å².